The highest BCUT2D eigenvalue weighted by Gasteiger charge is 2.21. The Balaban J connectivity index is 1.27. The monoisotopic (exact) mass is 486 g/mol. The average Bonchev–Trinajstić information content (AvgIpc) is 3.30. The number of fused-ring (bicyclic) bond motifs is 1. The Hall–Kier alpha value is -3.91. The van der Waals surface area contributed by atoms with Gasteiger partial charge in [-0.25, -0.2) is 13.4 Å². The molecule has 0 aliphatic carbocycles. The molecule has 0 unspecified atom stereocenters. The van der Waals surface area contributed by atoms with Crippen molar-refractivity contribution >= 4 is 38.2 Å². The molecule has 35 heavy (non-hydrogen) atoms. The van der Waals surface area contributed by atoms with E-state index >= 15 is 0 Å². The van der Waals surface area contributed by atoms with E-state index in [1.54, 1.807) is 53.6 Å². The number of aromatic amines is 1. The molecule has 178 valence electrons. The quantitative estimate of drug-likeness (QED) is 0.419. The highest BCUT2D eigenvalue weighted by Crippen LogP contribution is 2.29. The molecule has 0 saturated heterocycles. The van der Waals surface area contributed by atoms with E-state index in [0.717, 1.165) is 34.1 Å². The van der Waals surface area contributed by atoms with Gasteiger partial charge in [-0.05, 0) is 85.5 Å². The van der Waals surface area contributed by atoms with Crippen LogP contribution in [0.1, 0.15) is 33.5 Å². The normalized spacial score (nSPS) is 14.1. The molecule has 5 rings (SSSR count). The van der Waals surface area contributed by atoms with Crippen molar-refractivity contribution in [3.8, 4) is 0 Å². The number of sulfonamides is 1. The number of nitrogens with zero attached hydrogens (tertiary/aromatic N) is 2. The molecule has 3 heterocycles. The number of anilines is 1. The number of aryl methyl sites for hydroxylation is 2. The van der Waals surface area contributed by atoms with Gasteiger partial charge in [0.1, 0.15) is 5.65 Å². The second-order valence-electron chi connectivity index (χ2n) is 8.76. The van der Waals surface area contributed by atoms with Crippen molar-refractivity contribution in [1.29, 1.82) is 0 Å². The van der Waals surface area contributed by atoms with Crippen molar-refractivity contribution in [2.75, 3.05) is 17.8 Å². The Bertz CT molecular complexity index is 1550. The number of carbonyl (C=O) groups excluding carboxylic acids is 1. The number of hydrogen-bond acceptors (Lipinski definition) is 4. The van der Waals surface area contributed by atoms with Gasteiger partial charge in [0.2, 0.25) is 0 Å². The van der Waals surface area contributed by atoms with Gasteiger partial charge < -0.3 is 9.88 Å². The van der Waals surface area contributed by atoms with Crippen molar-refractivity contribution in [3.05, 3.63) is 95.3 Å². The zero-order chi connectivity index (χ0) is 24.6. The van der Waals surface area contributed by atoms with Crippen LogP contribution in [-0.4, -0.2) is 42.3 Å². The van der Waals surface area contributed by atoms with Crippen LogP contribution in [0.5, 0.6) is 0 Å². The molecule has 1 aliphatic rings. The third kappa shape index (κ3) is 4.57. The summed E-state index contributed by atoms with van der Waals surface area (Å²) in [5, 5.41) is 1.08. The summed E-state index contributed by atoms with van der Waals surface area (Å²) in [5.74, 6) is -0.0792. The van der Waals surface area contributed by atoms with E-state index in [2.05, 4.69) is 20.8 Å². The molecule has 2 aromatic carbocycles. The molecule has 0 radical (unpaired) electrons. The second-order valence-corrected chi connectivity index (χ2v) is 10.4. The first-order chi connectivity index (χ1) is 16.8. The molecule has 2 aromatic heterocycles. The summed E-state index contributed by atoms with van der Waals surface area (Å²) >= 11 is 0. The number of aromatic nitrogens is 2. The molecule has 7 nitrogen and oxygen atoms in total. The number of pyridine rings is 1. The van der Waals surface area contributed by atoms with Crippen molar-refractivity contribution in [2.45, 2.75) is 25.2 Å². The molecule has 0 atom stereocenters. The molecule has 4 aromatic rings. The average molecular weight is 487 g/mol. The highest BCUT2D eigenvalue weighted by atomic mass is 32.2. The lowest BCUT2D eigenvalue weighted by Crippen LogP contribution is -2.34. The summed E-state index contributed by atoms with van der Waals surface area (Å²) in [6.07, 6.45) is 6.57. The van der Waals surface area contributed by atoms with E-state index in [1.165, 1.54) is 5.57 Å². The number of H-pyrrole nitrogens is 1. The van der Waals surface area contributed by atoms with Crippen LogP contribution in [0, 0.1) is 13.8 Å². The number of benzene rings is 2. The van der Waals surface area contributed by atoms with Crippen LogP contribution in [0.15, 0.2) is 78.0 Å². The number of carbonyl (C=O) groups is 1. The zero-order valence-electron chi connectivity index (χ0n) is 19.6. The van der Waals surface area contributed by atoms with Gasteiger partial charge in [0, 0.05) is 47.7 Å². The minimum absolute atomic E-state index is 0.0792. The van der Waals surface area contributed by atoms with E-state index < -0.39 is 10.0 Å². The molecular formula is C27H26N4O3S. The topological polar surface area (TPSA) is 95.2 Å². The van der Waals surface area contributed by atoms with Crippen LogP contribution in [0.25, 0.3) is 16.6 Å². The summed E-state index contributed by atoms with van der Waals surface area (Å²) in [7, 11) is -3.71. The number of rotatable bonds is 5. The van der Waals surface area contributed by atoms with Crippen LogP contribution >= 0.6 is 0 Å². The predicted molar refractivity (Wildman–Crippen MR) is 138 cm³/mol. The first kappa shape index (κ1) is 22.9. The van der Waals surface area contributed by atoms with Gasteiger partial charge in [0.25, 0.3) is 15.9 Å². The molecule has 0 bridgehead atoms. The van der Waals surface area contributed by atoms with Crippen LogP contribution in [-0.2, 0) is 10.0 Å². The molecule has 1 amide bonds. The molecule has 0 fully saturated rings. The van der Waals surface area contributed by atoms with E-state index in [4.69, 9.17) is 0 Å². The zero-order valence-corrected chi connectivity index (χ0v) is 20.4. The fraction of sp³-hybridized carbons (Fsp3) is 0.185. The fourth-order valence-corrected chi connectivity index (χ4v) is 5.42. The molecule has 8 heteroatoms. The number of nitrogens with one attached hydrogen (secondary N) is 2. The molecule has 1 aliphatic heterocycles. The summed E-state index contributed by atoms with van der Waals surface area (Å²) in [6, 6.07) is 15.6. The minimum atomic E-state index is -3.71. The van der Waals surface area contributed by atoms with E-state index in [-0.39, 0.29) is 10.8 Å². The molecule has 0 spiro atoms. The van der Waals surface area contributed by atoms with Crippen molar-refractivity contribution in [2.24, 2.45) is 0 Å². The highest BCUT2D eigenvalue weighted by molar-refractivity contribution is 7.92. The summed E-state index contributed by atoms with van der Waals surface area (Å²) in [6.45, 7) is 4.94. The van der Waals surface area contributed by atoms with Gasteiger partial charge in [-0.2, -0.15) is 0 Å². The van der Waals surface area contributed by atoms with Crippen LogP contribution in [0.4, 0.5) is 5.69 Å². The fourth-order valence-electron chi connectivity index (χ4n) is 4.28. The van der Waals surface area contributed by atoms with Crippen molar-refractivity contribution in [1.82, 2.24) is 14.9 Å². The Morgan fingerprint density at radius 1 is 1.06 bits per heavy atom. The van der Waals surface area contributed by atoms with Crippen LogP contribution in [0.2, 0.25) is 0 Å². The van der Waals surface area contributed by atoms with Gasteiger partial charge in [0.05, 0.1) is 4.90 Å². The minimum Gasteiger partial charge on any atom is -0.346 e. The summed E-state index contributed by atoms with van der Waals surface area (Å²) in [5.41, 5.74) is 6.06. The van der Waals surface area contributed by atoms with Crippen molar-refractivity contribution in [3.63, 3.8) is 0 Å². The summed E-state index contributed by atoms with van der Waals surface area (Å²) in [4.78, 5) is 22.6. The second kappa shape index (κ2) is 9.03. The van der Waals surface area contributed by atoms with Gasteiger partial charge >= 0.3 is 0 Å². The lowest BCUT2D eigenvalue weighted by molar-refractivity contribution is 0.0773. The number of amides is 1. The van der Waals surface area contributed by atoms with Gasteiger partial charge in [-0.1, -0.05) is 12.1 Å². The van der Waals surface area contributed by atoms with Gasteiger partial charge in [0.15, 0.2) is 0 Å². The van der Waals surface area contributed by atoms with E-state index in [1.807, 2.05) is 32.2 Å². The largest absolute Gasteiger partial charge is 0.346 e. The SMILES string of the molecule is Cc1ccc(S(=O)(=O)Nc2ccc(C(=O)N3CC=C(c4c[nH]c5ncccc45)CC3)cc2)cc1C. The van der Waals surface area contributed by atoms with Crippen LogP contribution < -0.4 is 4.72 Å². The Kier molecular flexibility index (Phi) is 5.90. The first-order valence-electron chi connectivity index (χ1n) is 11.4. The third-order valence-corrected chi connectivity index (χ3v) is 7.85. The Labute approximate surface area is 204 Å². The van der Waals surface area contributed by atoms with Crippen LogP contribution in [0.3, 0.4) is 0 Å². The lowest BCUT2D eigenvalue weighted by Gasteiger charge is -2.26. The maximum absolute atomic E-state index is 13.0. The molecule has 2 N–H and O–H groups in total. The third-order valence-electron chi connectivity index (χ3n) is 6.47. The van der Waals surface area contributed by atoms with E-state index in [9.17, 15) is 13.2 Å². The maximum Gasteiger partial charge on any atom is 0.261 e. The first-order valence-corrected chi connectivity index (χ1v) is 12.9. The molecule has 0 saturated carbocycles. The Morgan fingerprint density at radius 2 is 1.86 bits per heavy atom. The van der Waals surface area contributed by atoms with E-state index in [0.29, 0.717) is 24.3 Å². The van der Waals surface area contributed by atoms with Crippen molar-refractivity contribution < 1.29 is 13.2 Å². The number of hydrogen-bond donors (Lipinski definition) is 2. The lowest BCUT2D eigenvalue weighted by atomic mass is 9.99. The maximum atomic E-state index is 13.0. The Morgan fingerprint density at radius 3 is 2.57 bits per heavy atom. The molecular weight excluding hydrogens is 460 g/mol. The smallest absolute Gasteiger partial charge is 0.261 e. The summed E-state index contributed by atoms with van der Waals surface area (Å²) < 4.78 is 28.1. The standard InChI is InChI=1S/C27H26N4O3S/c1-18-5-10-23(16-19(18)2)35(33,34)30-22-8-6-21(7-9-22)27(32)31-14-11-20(12-15-31)25-17-29-26-24(25)4-3-13-28-26/h3-11,13,16-17,30H,12,14-15H2,1-2H3,(H,28,29). The predicted octanol–water partition coefficient (Wildman–Crippen LogP) is 4.91. The van der Waals surface area contributed by atoms with Gasteiger partial charge in [-0.15, -0.1) is 0 Å². The van der Waals surface area contributed by atoms with Gasteiger partial charge in [-0.3, -0.25) is 9.52 Å².